The minimum Gasteiger partial charge on any atom is -0.378 e. The first kappa shape index (κ1) is 15.4. The van der Waals surface area contributed by atoms with Crippen molar-refractivity contribution in [2.45, 2.75) is 38.8 Å². The zero-order valence-electron chi connectivity index (χ0n) is 12.7. The van der Waals surface area contributed by atoms with E-state index in [9.17, 15) is 14.9 Å². The summed E-state index contributed by atoms with van der Waals surface area (Å²) < 4.78 is 5.51. The summed E-state index contributed by atoms with van der Waals surface area (Å²) in [6.45, 7) is 6.04. The van der Waals surface area contributed by atoms with Crippen molar-refractivity contribution in [2.75, 3.05) is 7.11 Å². The number of nitro benzene ring substituents is 1. The molecule has 0 heterocycles. The second-order valence-electron chi connectivity index (χ2n) is 6.16. The number of amides is 1. The second-order valence-corrected chi connectivity index (χ2v) is 6.16. The van der Waals surface area contributed by atoms with Crippen molar-refractivity contribution in [3.63, 3.8) is 0 Å². The van der Waals surface area contributed by atoms with Gasteiger partial charge in [-0.15, -0.1) is 0 Å². The number of methoxy groups -OCH3 is 1. The quantitative estimate of drug-likeness (QED) is 0.683. The van der Waals surface area contributed by atoms with E-state index in [-0.39, 0.29) is 28.3 Å². The lowest BCUT2D eigenvalue weighted by Crippen LogP contribution is -2.68. The maximum Gasteiger partial charge on any atom is 0.282 e. The lowest BCUT2D eigenvalue weighted by molar-refractivity contribution is -0.385. The highest BCUT2D eigenvalue weighted by Crippen LogP contribution is 2.51. The number of nitrogens with zero attached hydrogens (tertiary/aromatic N) is 1. The Morgan fingerprint density at radius 2 is 2.00 bits per heavy atom. The molecule has 2 atom stereocenters. The third kappa shape index (κ3) is 2.40. The summed E-state index contributed by atoms with van der Waals surface area (Å²) in [4.78, 5) is 22.7. The summed E-state index contributed by atoms with van der Waals surface area (Å²) in [5.41, 5.74) is -0.625. The zero-order valence-corrected chi connectivity index (χ0v) is 12.7. The van der Waals surface area contributed by atoms with E-state index in [1.807, 2.05) is 20.8 Å². The van der Waals surface area contributed by atoms with Crippen LogP contribution < -0.4 is 5.32 Å². The molecule has 0 saturated heterocycles. The van der Waals surface area contributed by atoms with Crippen molar-refractivity contribution in [1.29, 1.82) is 0 Å². The maximum atomic E-state index is 12.3. The molecule has 0 bridgehead atoms. The Kier molecular flexibility index (Phi) is 3.76. The average Bonchev–Trinajstić information content (AvgIpc) is 2.46. The van der Waals surface area contributed by atoms with Crippen LogP contribution in [-0.2, 0) is 4.74 Å². The Hall–Kier alpha value is -1.95. The van der Waals surface area contributed by atoms with Gasteiger partial charge in [-0.2, -0.15) is 0 Å². The third-order valence-electron chi connectivity index (χ3n) is 4.93. The number of nitrogens with one attached hydrogen (secondary N) is 1. The highest BCUT2D eigenvalue weighted by Gasteiger charge is 2.58. The van der Waals surface area contributed by atoms with E-state index in [0.29, 0.717) is 6.42 Å². The van der Waals surface area contributed by atoms with Crippen molar-refractivity contribution in [3.8, 4) is 0 Å². The topological polar surface area (TPSA) is 81.5 Å². The van der Waals surface area contributed by atoms with Gasteiger partial charge >= 0.3 is 0 Å². The molecule has 1 fully saturated rings. The molecule has 0 spiro atoms. The van der Waals surface area contributed by atoms with Gasteiger partial charge in [0.05, 0.1) is 10.5 Å². The molecule has 1 aliphatic rings. The second kappa shape index (κ2) is 5.11. The van der Waals surface area contributed by atoms with Gasteiger partial charge in [0, 0.05) is 24.6 Å². The number of hydrogen-bond acceptors (Lipinski definition) is 4. The lowest BCUT2D eigenvalue weighted by Gasteiger charge is -2.59. The van der Waals surface area contributed by atoms with E-state index in [0.717, 1.165) is 0 Å². The Morgan fingerprint density at radius 3 is 2.52 bits per heavy atom. The number of rotatable bonds is 4. The van der Waals surface area contributed by atoms with E-state index < -0.39 is 10.8 Å². The Morgan fingerprint density at radius 1 is 1.38 bits per heavy atom. The van der Waals surface area contributed by atoms with Crippen LogP contribution in [0.2, 0.25) is 0 Å². The Labute approximate surface area is 123 Å². The largest absolute Gasteiger partial charge is 0.378 e. The van der Waals surface area contributed by atoms with E-state index in [4.69, 9.17) is 4.74 Å². The fourth-order valence-corrected chi connectivity index (χ4v) is 2.78. The molecule has 0 aliphatic heterocycles. The standard InChI is InChI=1S/C15H20N2O4/c1-14(2)12(9-15(14,3)21-4)16-13(18)10-7-5-6-8-11(10)17(19)20/h5-8,12H,9H2,1-4H3,(H,16,18)/t12-,15+/m0/s1. The molecule has 6 heteroatoms. The number of para-hydroxylation sites is 1. The summed E-state index contributed by atoms with van der Waals surface area (Å²) in [5, 5.41) is 13.9. The zero-order chi connectivity index (χ0) is 15.8. The highest BCUT2D eigenvalue weighted by atomic mass is 16.6. The van der Waals surface area contributed by atoms with Crippen molar-refractivity contribution in [3.05, 3.63) is 39.9 Å². The number of ether oxygens (including phenoxy) is 1. The van der Waals surface area contributed by atoms with Gasteiger partial charge in [-0.05, 0) is 19.4 Å². The van der Waals surface area contributed by atoms with Gasteiger partial charge in [0.15, 0.2) is 0 Å². The van der Waals surface area contributed by atoms with Crippen molar-refractivity contribution in [2.24, 2.45) is 5.41 Å². The van der Waals surface area contributed by atoms with Crippen LogP contribution in [0.25, 0.3) is 0 Å². The van der Waals surface area contributed by atoms with E-state index >= 15 is 0 Å². The molecule has 1 saturated carbocycles. The van der Waals surface area contributed by atoms with Gasteiger partial charge in [0.25, 0.3) is 11.6 Å². The molecule has 114 valence electrons. The summed E-state index contributed by atoms with van der Waals surface area (Å²) in [5.74, 6) is -0.418. The van der Waals surface area contributed by atoms with Gasteiger partial charge in [0.2, 0.25) is 0 Å². The first-order chi connectivity index (χ1) is 9.73. The van der Waals surface area contributed by atoms with Crippen molar-refractivity contribution in [1.82, 2.24) is 5.32 Å². The highest BCUT2D eigenvalue weighted by molar-refractivity contribution is 5.98. The summed E-state index contributed by atoms with van der Waals surface area (Å²) in [7, 11) is 1.65. The molecular weight excluding hydrogens is 272 g/mol. The molecule has 21 heavy (non-hydrogen) atoms. The van der Waals surface area contributed by atoms with Crippen LogP contribution in [0.15, 0.2) is 24.3 Å². The number of hydrogen-bond donors (Lipinski definition) is 1. The molecule has 0 unspecified atom stereocenters. The first-order valence-electron chi connectivity index (χ1n) is 6.82. The maximum absolute atomic E-state index is 12.3. The molecule has 1 aromatic carbocycles. The van der Waals surface area contributed by atoms with Crippen LogP contribution in [0.3, 0.4) is 0 Å². The van der Waals surface area contributed by atoms with Crippen molar-refractivity contribution >= 4 is 11.6 Å². The van der Waals surface area contributed by atoms with Crippen LogP contribution in [-0.4, -0.2) is 29.6 Å². The van der Waals surface area contributed by atoms with Gasteiger partial charge in [-0.1, -0.05) is 26.0 Å². The Bertz CT molecular complexity index is 585. The fraction of sp³-hybridized carbons (Fsp3) is 0.533. The smallest absolute Gasteiger partial charge is 0.282 e. The molecule has 0 radical (unpaired) electrons. The SMILES string of the molecule is CO[C@]1(C)C[C@H](NC(=O)c2ccccc2[N+](=O)[O-])C1(C)C. The van der Waals surface area contributed by atoms with Crippen LogP contribution in [0.4, 0.5) is 5.69 Å². The number of benzene rings is 1. The molecule has 1 amide bonds. The monoisotopic (exact) mass is 292 g/mol. The van der Waals surface area contributed by atoms with Gasteiger partial charge in [-0.3, -0.25) is 14.9 Å². The predicted octanol–water partition coefficient (Wildman–Crippen LogP) is 2.53. The van der Waals surface area contributed by atoms with E-state index in [2.05, 4.69) is 5.32 Å². The molecule has 1 aromatic rings. The van der Waals surface area contributed by atoms with Crippen LogP contribution >= 0.6 is 0 Å². The molecule has 6 nitrogen and oxygen atoms in total. The number of nitro groups is 1. The first-order valence-corrected chi connectivity index (χ1v) is 6.82. The summed E-state index contributed by atoms with van der Waals surface area (Å²) >= 11 is 0. The van der Waals surface area contributed by atoms with Crippen LogP contribution in [0.5, 0.6) is 0 Å². The molecular formula is C15H20N2O4. The minimum absolute atomic E-state index is 0.0743. The van der Waals surface area contributed by atoms with Crippen LogP contribution in [0, 0.1) is 15.5 Å². The number of carbonyl (C=O) groups excluding carboxylic acids is 1. The third-order valence-corrected chi connectivity index (χ3v) is 4.93. The number of carbonyl (C=O) groups is 1. The van der Waals surface area contributed by atoms with Gasteiger partial charge in [0.1, 0.15) is 5.56 Å². The van der Waals surface area contributed by atoms with Gasteiger partial charge < -0.3 is 10.1 Å². The normalized spacial score (nSPS) is 26.8. The van der Waals surface area contributed by atoms with E-state index in [1.165, 1.54) is 12.1 Å². The average molecular weight is 292 g/mol. The fourth-order valence-electron chi connectivity index (χ4n) is 2.78. The summed E-state index contributed by atoms with van der Waals surface area (Å²) in [6, 6.07) is 5.89. The van der Waals surface area contributed by atoms with E-state index in [1.54, 1.807) is 19.2 Å². The minimum atomic E-state index is -0.542. The van der Waals surface area contributed by atoms with Crippen LogP contribution in [0.1, 0.15) is 37.6 Å². The van der Waals surface area contributed by atoms with Gasteiger partial charge in [-0.25, -0.2) is 0 Å². The molecule has 1 aliphatic carbocycles. The summed E-state index contributed by atoms with van der Waals surface area (Å²) in [6.07, 6.45) is 0.683. The predicted molar refractivity (Wildman–Crippen MR) is 78.2 cm³/mol. The molecule has 2 rings (SSSR count). The Balaban J connectivity index is 2.16. The molecule has 1 N–H and O–H groups in total. The van der Waals surface area contributed by atoms with Crippen molar-refractivity contribution < 1.29 is 14.5 Å². The molecule has 0 aromatic heterocycles. The lowest BCUT2D eigenvalue weighted by atomic mass is 9.56.